The summed E-state index contributed by atoms with van der Waals surface area (Å²) in [4.78, 5) is 28.5. The van der Waals surface area contributed by atoms with E-state index in [1.54, 1.807) is 36.4 Å². The SMILES string of the molecule is COc1ccc(C2/C(=C(\O)c3ccc4c(c3)OCCO4)C(=O)C(=O)N2c2nnc(SCc3ccc(C)cc3)s2)cc1OC. The maximum Gasteiger partial charge on any atom is 0.301 e. The number of aryl methyl sites for hydroxylation is 1. The van der Waals surface area contributed by atoms with Gasteiger partial charge in [0, 0.05) is 11.3 Å². The predicted molar refractivity (Wildman–Crippen MR) is 162 cm³/mol. The Balaban J connectivity index is 1.41. The largest absolute Gasteiger partial charge is 0.507 e. The van der Waals surface area contributed by atoms with E-state index in [4.69, 9.17) is 18.9 Å². The fourth-order valence-corrected chi connectivity index (χ4v) is 6.73. The highest BCUT2D eigenvalue weighted by Crippen LogP contribution is 2.46. The summed E-state index contributed by atoms with van der Waals surface area (Å²) >= 11 is 2.68. The van der Waals surface area contributed by atoms with E-state index in [1.807, 2.05) is 19.1 Å². The minimum atomic E-state index is -1.02. The molecule has 4 aromatic rings. The Morgan fingerprint density at radius 1 is 0.977 bits per heavy atom. The van der Waals surface area contributed by atoms with Crippen LogP contribution in [-0.2, 0) is 15.3 Å². The van der Waals surface area contributed by atoms with Gasteiger partial charge in [-0.3, -0.25) is 14.5 Å². The van der Waals surface area contributed by atoms with E-state index in [9.17, 15) is 14.7 Å². The Kier molecular flexibility index (Phi) is 7.96. The van der Waals surface area contributed by atoms with Crippen LogP contribution in [0.3, 0.4) is 0 Å². The number of Topliss-reactive ketones (excluding diaryl/α,β-unsaturated/α-hetero) is 1. The first-order valence-corrected chi connectivity index (χ1v) is 15.1. The highest BCUT2D eigenvalue weighted by atomic mass is 32.2. The molecular formula is C31H27N3O7S2. The number of ether oxygens (including phenoxy) is 4. The standard InChI is InChI=1S/C31H27N3O7S2/c1-17-4-6-18(7-5-17)16-42-31-33-32-30(43-31)34-26(19-8-10-21(38-2)23(14-19)39-3)25(28(36)29(34)37)27(35)20-9-11-22-24(15-20)41-13-12-40-22/h4-11,14-15,26,35H,12-13,16H2,1-3H3/b27-25+. The van der Waals surface area contributed by atoms with Crippen LogP contribution in [0.25, 0.3) is 5.76 Å². The Hall–Kier alpha value is -4.55. The van der Waals surface area contributed by atoms with Crippen molar-refractivity contribution in [3.63, 3.8) is 0 Å². The monoisotopic (exact) mass is 617 g/mol. The molecule has 3 heterocycles. The number of ketones is 1. The number of thioether (sulfide) groups is 1. The number of hydrogen-bond donors (Lipinski definition) is 1. The maximum atomic E-state index is 13.6. The molecule has 6 rings (SSSR count). The maximum absolute atomic E-state index is 13.6. The van der Waals surface area contributed by atoms with E-state index in [0.717, 1.165) is 5.56 Å². The van der Waals surface area contributed by atoms with E-state index in [1.165, 1.54) is 47.8 Å². The number of methoxy groups -OCH3 is 2. The molecule has 1 unspecified atom stereocenters. The van der Waals surface area contributed by atoms with Gasteiger partial charge in [-0.1, -0.05) is 59.0 Å². The lowest BCUT2D eigenvalue weighted by molar-refractivity contribution is -0.132. The summed E-state index contributed by atoms with van der Waals surface area (Å²) in [6.45, 7) is 2.80. The lowest BCUT2D eigenvalue weighted by Crippen LogP contribution is -2.29. The topological polar surface area (TPSA) is 120 Å². The van der Waals surface area contributed by atoms with Crippen molar-refractivity contribution in [2.24, 2.45) is 0 Å². The zero-order chi connectivity index (χ0) is 30.1. The van der Waals surface area contributed by atoms with Gasteiger partial charge in [0.05, 0.1) is 25.8 Å². The van der Waals surface area contributed by atoms with Crippen LogP contribution in [0.2, 0.25) is 0 Å². The second-order valence-electron chi connectivity index (χ2n) is 9.77. The molecule has 0 radical (unpaired) electrons. The Bertz CT molecular complexity index is 1740. The minimum absolute atomic E-state index is 0.0991. The molecule has 12 heteroatoms. The van der Waals surface area contributed by atoms with E-state index in [0.29, 0.717) is 57.4 Å². The van der Waals surface area contributed by atoms with Gasteiger partial charge < -0.3 is 24.1 Å². The molecular weight excluding hydrogens is 590 g/mol. The fourth-order valence-electron chi connectivity index (χ4n) is 4.90. The van der Waals surface area contributed by atoms with Crippen molar-refractivity contribution in [3.05, 3.63) is 88.5 Å². The number of benzene rings is 3. The first kappa shape index (κ1) is 28.6. The number of aliphatic hydroxyl groups excluding tert-OH is 1. The van der Waals surface area contributed by atoms with E-state index in [2.05, 4.69) is 22.3 Å². The lowest BCUT2D eigenvalue weighted by atomic mass is 9.95. The summed E-state index contributed by atoms with van der Waals surface area (Å²) < 4.78 is 22.8. The second kappa shape index (κ2) is 12.0. The van der Waals surface area contributed by atoms with Gasteiger partial charge in [-0.15, -0.1) is 10.2 Å². The van der Waals surface area contributed by atoms with Gasteiger partial charge in [-0.25, -0.2) is 0 Å². The third-order valence-electron chi connectivity index (χ3n) is 7.07. The number of nitrogens with zero attached hydrogens (tertiary/aromatic N) is 3. The summed E-state index contributed by atoms with van der Waals surface area (Å²) in [7, 11) is 3.01. The molecule has 1 atom stereocenters. The quantitative estimate of drug-likeness (QED) is 0.0885. The molecule has 1 saturated heterocycles. The zero-order valence-corrected chi connectivity index (χ0v) is 25.2. The van der Waals surface area contributed by atoms with Crippen LogP contribution in [0.5, 0.6) is 23.0 Å². The number of rotatable bonds is 8. The second-order valence-corrected chi connectivity index (χ2v) is 11.9. The van der Waals surface area contributed by atoms with Crippen molar-refractivity contribution in [3.8, 4) is 23.0 Å². The normalized spacial score (nSPS) is 17.3. The molecule has 2 aliphatic heterocycles. The van der Waals surface area contributed by atoms with Gasteiger partial charge in [0.15, 0.2) is 27.3 Å². The highest BCUT2D eigenvalue weighted by molar-refractivity contribution is 8.00. The zero-order valence-electron chi connectivity index (χ0n) is 23.5. The minimum Gasteiger partial charge on any atom is -0.507 e. The lowest BCUT2D eigenvalue weighted by Gasteiger charge is -2.23. The molecule has 220 valence electrons. The molecule has 1 amide bonds. The summed E-state index contributed by atoms with van der Waals surface area (Å²) in [6.07, 6.45) is 0. The van der Waals surface area contributed by atoms with Crippen LogP contribution >= 0.6 is 23.1 Å². The fraction of sp³-hybridized carbons (Fsp3) is 0.226. The van der Waals surface area contributed by atoms with E-state index >= 15 is 0 Å². The van der Waals surface area contributed by atoms with Gasteiger partial charge in [0.2, 0.25) is 5.13 Å². The Labute approximate surface area is 255 Å². The number of amides is 1. The van der Waals surface area contributed by atoms with Crippen molar-refractivity contribution in [1.29, 1.82) is 0 Å². The number of carbonyl (C=O) groups is 2. The number of carbonyl (C=O) groups excluding carboxylic acids is 2. The third-order valence-corrected chi connectivity index (χ3v) is 9.20. The van der Waals surface area contributed by atoms with Crippen LogP contribution < -0.4 is 23.8 Å². The average Bonchev–Trinajstić information content (AvgIpc) is 3.61. The molecule has 1 aromatic heterocycles. The molecule has 1 N–H and O–H groups in total. The average molecular weight is 618 g/mol. The van der Waals surface area contributed by atoms with Crippen LogP contribution in [-0.4, -0.2) is 54.4 Å². The first-order chi connectivity index (χ1) is 20.9. The number of aliphatic hydroxyl groups is 1. The van der Waals surface area contributed by atoms with Crippen LogP contribution in [0.4, 0.5) is 5.13 Å². The van der Waals surface area contributed by atoms with Gasteiger partial charge in [0.1, 0.15) is 19.0 Å². The van der Waals surface area contributed by atoms with Crippen LogP contribution in [0, 0.1) is 6.92 Å². The molecule has 10 nitrogen and oxygen atoms in total. The number of hydrogen-bond acceptors (Lipinski definition) is 11. The van der Waals surface area contributed by atoms with Gasteiger partial charge in [-0.05, 0) is 48.4 Å². The van der Waals surface area contributed by atoms with E-state index in [-0.39, 0.29) is 16.5 Å². The molecule has 3 aromatic carbocycles. The Morgan fingerprint density at radius 3 is 2.47 bits per heavy atom. The molecule has 0 bridgehead atoms. The molecule has 2 aliphatic rings. The molecule has 1 fully saturated rings. The number of aromatic nitrogens is 2. The van der Waals surface area contributed by atoms with Crippen molar-refractivity contribution < 1.29 is 33.6 Å². The van der Waals surface area contributed by atoms with Crippen molar-refractivity contribution in [2.75, 3.05) is 32.3 Å². The molecule has 0 aliphatic carbocycles. The van der Waals surface area contributed by atoms with Crippen molar-refractivity contribution in [1.82, 2.24) is 10.2 Å². The summed E-state index contributed by atoms with van der Waals surface area (Å²) in [6, 6.07) is 17.1. The molecule has 0 spiro atoms. The summed E-state index contributed by atoms with van der Waals surface area (Å²) in [5.74, 6) is 0.474. The smallest absolute Gasteiger partial charge is 0.301 e. The van der Waals surface area contributed by atoms with Crippen molar-refractivity contribution in [2.45, 2.75) is 23.1 Å². The van der Waals surface area contributed by atoms with Crippen LogP contribution in [0.15, 0.2) is 70.6 Å². The van der Waals surface area contributed by atoms with Gasteiger partial charge >= 0.3 is 5.91 Å². The summed E-state index contributed by atoms with van der Waals surface area (Å²) in [5, 5.41) is 20.4. The van der Waals surface area contributed by atoms with Crippen LogP contribution in [0.1, 0.15) is 28.3 Å². The summed E-state index contributed by atoms with van der Waals surface area (Å²) in [5.41, 5.74) is 3.02. The molecule has 43 heavy (non-hydrogen) atoms. The Morgan fingerprint density at radius 2 is 1.72 bits per heavy atom. The van der Waals surface area contributed by atoms with Gasteiger partial charge in [-0.2, -0.15) is 0 Å². The van der Waals surface area contributed by atoms with Crippen molar-refractivity contribution >= 4 is 45.7 Å². The highest BCUT2D eigenvalue weighted by Gasteiger charge is 2.48. The number of anilines is 1. The number of fused-ring (bicyclic) bond motifs is 1. The molecule has 0 saturated carbocycles. The van der Waals surface area contributed by atoms with E-state index < -0.39 is 17.7 Å². The van der Waals surface area contributed by atoms with Gasteiger partial charge in [0.25, 0.3) is 5.78 Å². The third kappa shape index (κ3) is 5.51. The predicted octanol–water partition coefficient (Wildman–Crippen LogP) is 5.55. The first-order valence-electron chi connectivity index (χ1n) is 13.3.